The van der Waals surface area contributed by atoms with Crippen LogP contribution in [-0.2, 0) is 16.6 Å². The fraction of sp³-hybridized carbons (Fsp3) is 0.333. The predicted octanol–water partition coefficient (Wildman–Crippen LogP) is 1.02. The van der Waals surface area contributed by atoms with Crippen LogP contribution in [0.25, 0.3) is 0 Å². The maximum Gasteiger partial charge on any atom is 0.281 e. The number of aryl methyl sites for hydroxylation is 3. The Hall–Kier alpha value is -1.93. The molecule has 0 bridgehead atoms. The van der Waals surface area contributed by atoms with E-state index in [-0.39, 0.29) is 10.6 Å². The Labute approximate surface area is 117 Å². The second-order valence-corrected chi connectivity index (χ2v) is 6.08. The van der Waals surface area contributed by atoms with Crippen molar-refractivity contribution in [2.75, 3.05) is 4.72 Å². The van der Waals surface area contributed by atoms with Gasteiger partial charge in [0.05, 0.1) is 18.0 Å². The van der Waals surface area contributed by atoms with Gasteiger partial charge in [0, 0.05) is 17.0 Å². The van der Waals surface area contributed by atoms with E-state index in [0.717, 1.165) is 5.69 Å². The van der Waals surface area contributed by atoms with Crippen LogP contribution >= 0.6 is 0 Å². The number of sulfonamides is 1. The summed E-state index contributed by atoms with van der Waals surface area (Å²) in [6.07, 6.45) is 0. The van der Waals surface area contributed by atoms with E-state index in [1.54, 1.807) is 26.0 Å². The van der Waals surface area contributed by atoms with E-state index in [9.17, 15) is 13.5 Å². The standard InChI is InChI=1S/C12H16N4O3S/c1-7-4-5-11(9(3)13-7)16-20(18,19)12-10(6-17)8(2)14-15-12/h4-5,16-17H,6H2,1-3H3,(H,14,15). The predicted molar refractivity (Wildman–Crippen MR) is 73.8 cm³/mol. The van der Waals surface area contributed by atoms with Crippen LogP contribution in [0.5, 0.6) is 0 Å². The molecule has 0 spiro atoms. The summed E-state index contributed by atoms with van der Waals surface area (Å²) in [7, 11) is -3.86. The van der Waals surface area contributed by atoms with Gasteiger partial charge in [0.2, 0.25) is 5.03 Å². The Bertz CT molecular complexity index is 737. The minimum absolute atomic E-state index is 0.197. The molecule has 0 unspecified atom stereocenters. The topological polar surface area (TPSA) is 108 Å². The Morgan fingerprint density at radius 1 is 1.30 bits per heavy atom. The fourth-order valence-electron chi connectivity index (χ4n) is 1.83. The zero-order valence-electron chi connectivity index (χ0n) is 11.4. The molecule has 0 fully saturated rings. The Morgan fingerprint density at radius 2 is 2.00 bits per heavy atom. The molecule has 0 radical (unpaired) electrons. The lowest BCUT2D eigenvalue weighted by atomic mass is 10.3. The first-order valence-electron chi connectivity index (χ1n) is 5.97. The Balaban J connectivity index is 2.41. The molecule has 0 aliphatic carbocycles. The molecule has 8 heteroatoms. The number of hydrogen-bond acceptors (Lipinski definition) is 5. The van der Waals surface area contributed by atoms with E-state index in [1.807, 2.05) is 6.92 Å². The molecular formula is C12H16N4O3S. The lowest BCUT2D eigenvalue weighted by Gasteiger charge is -2.09. The summed E-state index contributed by atoms with van der Waals surface area (Å²) in [6.45, 7) is 4.79. The van der Waals surface area contributed by atoms with Crippen LogP contribution in [0.1, 0.15) is 22.6 Å². The molecule has 0 aromatic carbocycles. The third kappa shape index (κ3) is 2.66. The zero-order valence-corrected chi connectivity index (χ0v) is 12.2. The monoisotopic (exact) mass is 296 g/mol. The summed E-state index contributed by atoms with van der Waals surface area (Å²) in [6, 6.07) is 3.36. The van der Waals surface area contributed by atoms with Gasteiger partial charge in [-0.2, -0.15) is 13.5 Å². The van der Waals surface area contributed by atoms with Crippen LogP contribution < -0.4 is 4.72 Å². The number of rotatable bonds is 4. The molecule has 0 saturated heterocycles. The second kappa shape index (κ2) is 5.22. The summed E-state index contributed by atoms with van der Waals surface area (Å²) in [5, 5.41) is 15.4. The summed E-state index contributed by atoms with van der Waals surface area (Å²) in [4.78, 5) is 4.19. The van der Waals surface area contributed by atoms with Gasteiger partial charge >= 0.3 is 0 Å². The molecule has 2 aromatic heterocycles. The minimum atomic E-state index is -3.86. The molecule has 20 heavy (non-hydrogen) atoms. The third-order valence-corrected chi connectivity index (χ3v) is 4.25. The van der Waals surface area contributed by atoms with Gasteiger partial charge in [-0.25, -0.2) is 0 Å². The molecular weight excluding hydrogens is 280 g/mol. The first-order chi connectivity index (χ1) is 9.35. The zero-order chi connectivity index (χ0) is 14.9. The lowest BCUT2D eigenvalue weighted by molar-refractivity contribution is 0.277. The van der Waals surface area contributed by atoms with Gasteiger partial charge in [-0.15, -0.1) is 0 Å². The number of nitrogens with one attached hydrogen (secondary N) is 2. The SMILES string of the molecule is Cc1ccc(NS(=O)(=O)c2n[nH]c(C)c2CO)c(C)n1. The van der Waals surface area contributed by atoms with Gasteiger partial charge in [0.25, 0.3) is 10.0 Å². The summed E-state index contributed by atoms with van der Waals surface area (Å²) >= 11 is 0. The van der Waals surface area contributed by atoms with Crippen LogP contribution in [0.4, 0.5) is 5.69 Å². The Morgan fingerprint density at radius 3 is 2.60 bits per heavy atom. The van der Waals surface area contributed by atoms with Crippen LogP contribution in [0.2, 0.25) is 0 Å². The van der Waals surface area contributed by atoms with Crippen LogP contribution in [0.3, 0.4) is 0 Å². The summed E-state index contributed by atoms with van der Waals surface area (Å²) < 4.78 is 27.0. The summed E-state index contributed by atoms with van der Waals surface area (Å²) in [5.74, 6) is 0. The van der Waals surface area contributed by atoms with E-state index in [2.05, 4.69) is 19.9 Å². The van der Waals surface area contributed by atoms with E-state index in [0.29, 0.717) is 17.1 Å². The molecule has 0 aliphatic heterocycles. The second-order valence-electron chi connectivity index (χ2n) is 4.48. The molecule has 0 atom stereocenters. The molecule has 0 aliphatic rings. The number of aromatic nitrogens is 3. The van der Waals surface area contributed by atoms with Gasteiger partial charge < -0.3 is 5.11 Å². The smallest absolute Gasteiger partial charge is 0.281 e. The van der Waals surface area contributed by atoms with Crippen molar-refractivity contribution in [3.8, 4) is 0 Å². The van der Waals surface area contributed by atoms with Crippen molar-refractivity contribution in [2.45, 2.75) is 32.4 Å². The summed E-state index contributed by atoms with van der Waals surface area (Å²) in [5.41, 5.74) is 2.55. The fourth-order valence-corrected chi connectivity index (χ4v) is 3.14. The highest BCUT2D eigenvalue weighted by atomic mass is 32.2. The molecule has 108 valence electrons. The number of hydrogen-bond donors (Lipinski definition) is 3. The van der Waals surface area contributed by atoms with Crippen molar-refractivity contribution in [3.63, 3.8) is 0 Å². The van der Waals surface area contributed by atoms with Gasteiger partial charge in [0.1, 0.15) is 0 Å². The van der Waals surface area contributed by atoms with Crippen molar-refractivity contribution in [2.24, 2.45) is 0 Å². The molecule has 2 heterocycles. The van der Waals surface area contributed by atoms with Crippen molar-refractivity contribution in [1.82, 2.24) is 15.2 Å². The number of H-pyrrole nitrogens is 1. The quantitative estimate of drug-likeness (QED) is 0.780. The Kier molecular flexibility index (Phi) is 3.78. The van der Waals surface area contributed by atoms with Gasteiger partial charge in [-0.3, -0.25) is 14.8 Å². The first kappa shape index (κ1) is 14.5. The van der Waals surface area contributed by atoms with Crippen LogP contribution in [0, 0.1) is 20.8 Å². The number of anilines is 1. The van der Waals surface area contributed by atoms with Gasteiger partial charge in [0.15, 0.2) is 0 Å². The van der Waals surface area contributed by atoms with Crippen LogP contribution in [0.15, 0.2) is 17.2 Å². The maximum absolute atomic E-state index is 12.3. The highest BCUT2D eigenvalue weighted by molar-refractivity contribution is 7.92. The number of aliphatic hydroxyl groups excluding tert-OH is 1. The first-order valence-corrected chi connectivity index (χ1v) is 7.45. The van der Waals surface area contributed by atoms with Gasteiger partial charge in [-0.1, -0.05) is 0 Å². The average Bonchev–Trinajstić information content (AvgIpc) is 2.74. The van der Waals surface area contributed by atoms with E-state index in [1.165, 1.54) is 0 Å². The lowest BCUT2D eigenvalue weighted by Crippen LogP contribution is -2.16. The molecule has 0 amide bonds. The largest absolute Gasteiger partial charge is 0.392 e. The highest BCUT2D eigenvalue weighted by Crippen LogP contribution is 2.21. The molecule has 3 N–H and O–H groups in total. The number of nitrogens with zero attached hydrogens (tertiary/aromatic N) is 2. The van der Waals surface area contributed by atoms with Crippen molar-refractivity contribution in [1.29, 1.82) is 0 Å². The van der Waals surface area contributed by atoms with Crippen molar-refractivity contribution >= 4 is 15.7 Å². The van der Waals surface area contributed by atoms with E-state index >= 15 is 0 Å². The van der Waals surface area contributed by atoms with Gasteiger partial charge in [-0.05, 0) is 32.9 Å². The average molecular weight is 296 g/mol. The van der Waals surface area contributed by atoms with Crippen LogP contribution in [-0.4, -0.2) is 28.7 Å². The molecule has 2 aromatic rings. The minimum Gasteiger partial charge on any atom is -0.392 e. The molecule has 7 nitrogen and oxygen atoms in total. The molecule has 2 rings (SSSR count). The number of aromatic amines is 1. The van der Waals surface area contributed by atoms with Crippen molar-refractivity contribution in [3.05, 3.63) is 34.8 Å². The number of aliphatic hydroxyl groups is 1. The number of pyridine rings is 1. The third-order valence-electron chi connectivity index (χ3n) is 2.92. The molecule has 0 saturated carbocycles. The normalized spacial score (nSPS) is 11.6. The van der Waals surface area contributed by atoms with Crippen molar-refractivity contribution < 1.29 is 13.5 Å². The maximum atomic E-state index is 12.3. The van der Waals surface area contributed by atoms with E-state index in [4.69, 9.17) is 0 Å². The highest BCUT2D eigenvalue weighted by Gasteiger charge is 2.24. The van der Waals surface area contributed by atoms with E-state index < -0.39 is 16.6 Å².